The number of para-hydroxylation sites is 1. The third-order valence-corrected chi connectivity index (χ3v) is 6.94. The standard InChI is InChI=1S/C25H21N5O4/c31-24-19-11-16-15-4-1-2-5-17(15)27-22(16)23(14-6-7-20-21(10-14)34-13-33-20)30(19)25(32)18(28-24)12-29-9-3-8-26-29/h1-10,18-19,23,27H,11-13H2,(H,28,31)/t18?,19-,23-/m1/s1. The summed E-state index contributed by atoms with van der Waals surface area (Å²) >= 11 is 0. The fourth-order valence-corrected chi connectivity index (χ4v) is 5.42. The average molecular weight is 455 g/mol. The van der Waals surface area contributed by atoms with E-state index < -0.39 is 18.1 Å². The lowest BCUT2D eigenvalue weighted by Gasteiger charge is -2.46. The van der Waals surface area contributed by atoms with Crippen LogP contribution in [0.2, 0.25) is 0 Å². The lowest BCUT2D eigenvalue weighted by Crippen LogP contribution is -2.66. The van der Waals surface area contributed by atoms with Crippen LogP contribution >= 0.6 is 0 Å². The molecule has 0 spiro atoms. The maximum absolute atomic E-state index is 13.9. The Bertz CT molecular complexity index is 1440. The zero-order valence-electron chi connectivity index (χ0n) is 18.1. The maximum Gasteiger partial charge on any atom is 0.248 e. The highest BCUT2D eigenvalue weighted by molar-refractivity contribution is 5.99. The average Bonchev–Trinajstić information content (AvgIpc) is 3.60. The number of aromatic amines is 1. The molecule has 170 valence electrons. The van der Waals surface area contributed by atoms with Gasteiger partial charge in [0.25, 0.3) is 0 Å². The van der Waals surface area contributed by atoms with Gasteiger partial charge in [-0.2, -0.15) is 5.10 Å². The molecule has 4 aromatic rings. The van der Waals surface area contributed by atoms with E-state index in [0.29, 0.717) is 17.9 Å². The number of carbonyl (C=O) groups excluding carboxylic acids is 2. The SMILES string of the molecule is O=C1NC(Cn2cccn2)C(=O)N2[C@H](c3ccc4c(c3)OCO4)c3[nH]c4ccccc4c3C[C@H]12. The highest BCUT2D eigenvalue weighted by Gasteiger charge is 2.49. The first-order valence-electron chi connectivity index (χ1n) is 11.3. The van der Waals surface area contributed by atoms with Gasteiger partial charge in [0, 0.05) is 35.4 Å². The van der Waals surface area contributed by atoms with E-state index >= 15 is 0 Å². The molecule has 5 heterocycles. The zero-order valence-corrected chi connectivity index (χ0v) is 18.1. The van der Waals surface area contributed by atoms with Crippen LogP contribution < -0.4 is 14.8 Å². The molecule has 34 heavy (non-hydrogen) atoms. The first kappa shape index (κ1) is 19.2. The number of piperazine rings is 1. The third-order valence-electron chi connectivity index (χ3n) is 6.94. The second kappa shape index (κ2) is 7.11. The van der Waals surface area contributed by atoms with E-state index in [1.807, 2.05) is 36.4 Å². The number of carbonyl (C=O) groups is 2. The number of fused-ring (bicyclic) bond motifs is 5. The maximum atomic E-state index is 13.9. The summed E-state index contributed by atoms with van der Waals surface area (Å²) in [5.74, 6) is 1.03. The van der Waals surface area contributed by atoms with Crippen LogP contribution in [0.25, 0.3) is 10.9 Å². The molecule has 3 aliphatic heterocycles. The van der Waals surface area contributed by atoms with Crippen molar-refractivity contribution in [1.29, 1.82) is 0 Å². The Morgan fingerprint density at radius 3 is 2.82 bits per heavy atom. The molecule has 2 N–H and O–H groups in total. The molecule has 2 aromatic carbocycles. The lowest BCUT2D eigenvalue weighted by atomic mass is 9.85. The number of nitrogens with zero attached hydrogens (tertiary/aromatic N) is 3. The van der Waals surface area contributed by atoms with Crippen molar-refractivity contribution in [3.05, 3.63) is 77.7 Å². The molecule has 1 fully saturated rings. The van der Waals surface area contributed by atoms with E-state index in [9.17, 15) is 9.59 Å². The molecule has 0 aliphatic carbocycles. The minimum Gasteiger partial charge on any atom is -0.454 e. The van der Waals surface area contributed by atoms with Gasteiger partial charge in [-0.05, 0) is 35.4 Å². The Labute approximate surface area is 194 Å². The molecule has 0 saturated carbocycles. The Balaban J connectivity index is 1.39. The van der Waals surface area contributed by atoms with E-state index in [1.54, 1.807) is 28.0 Å². The summed E-state index contributed by atoms with van der Waals surface area (Å²) in [7, 11) is 0. The Morgan fingerprint density at radius 1 is 1.06 bits per heavy atom. The van der Waals surface area contributed by atoms with Crippen molar-refractivity contribution in [3.63, 3.8) is 0 Å². The third kappa shape index (κ3) is 2.76. The van der Waals surface area contributed by atoms with Crippen molar-refractivity contribution < 1.29 is 19.1 Å². The van der Waals surface area contributed by atoms with Gasteiger partial charge in [-0.1, -0.05) is 24.3 Å². The first-order chi connectivity index (χ1) is 16.7. The van der Waals surface area contributed by atoms with E-state index in [0.717, 1.165) is 27.7 Å². The minimum absolute atomic E-state index is 0.132. The number of aromatic nitrogens is 3. The van der Waals surface area contributed by atoms with Crippen LogP contribution in [-0.4, -0.2) is 50.4 Å². The van der Waals surface area contributed by atoms with Crippen molar-refractivity contribution in [2.75, 3.05) is 6.79 Å². The molecule has 1 saturated heterocycles. The number of benzene rings is 2. The predicted molar refractivity (Wildman–Crippen MR) is 121 cm³/mol. The Morgan fingerprint density at radius 2 is 1.94 bits per heavy atom. The van der Waals surface area contributed by atoms with Gasteiger partial charge >= 0.3 is 0 Å². The number of hydrogen-bond donors (Lipinski definition) is 2. The van der Waals surface area contributed by atoms with Crippen molar-refractivity contribution in [2.24, 2.45) is 0 Å². The molecular weight excluding hydrogens is 434 g/mol. The van der Waals surface area contributed by atoms with Crippen LogP contribution in [0.15, 0.2) is 60.9 Å². The van der Waals surface area contributed by atoms with E-state index in [4.69, 9.17) is 9.47 Å². The van der Waals surface area contributed by atoms with E-state index in [2.05, 4.69) is 21.5 Å². The fraction of sp³-hybridized carbons (Fsp3) is 0.240. The van der Waals surface area contributed by atoms with Crippen LogP contribution in [0, 0.1) is 0 Å². The minimum atomic E-state index is -0.703. The number of nitrogens with one attached hydrogen (secondary N) is 2. The highest BCUT2D eigenvalue weighted by atomic mass is 16.7. The summed E-state index contributed by atoms with van der Waals surface area (Å²) in [5.41, 5.74) is 3.84. The summed E-state index contributed by atoms with van der Waals surface area (Å²) in [6, 6.07) is 13.8. The molecule has 0 radical (unpaired) electrons. The van der Waals surface area contributed by atoms with Gasteiger partial charge in [0.1, 0.15) is 12.1 Å². The Hall–Kier alpha value is -4.27. The second-order valence-corrected chi connectivity index (χ2v) is 8.83. The van der Waals surface area contributed by atoms with Crippen molar-refractivity contribution in [3.8, 4) is 11.5 Å². The zero-order chi connectivity index (χ0) is 22.8. The number of ether oxygens (including phenoxy) is 2. The van der Waals surface area contributed by atoms with Crippen LogP contribution in [0.5, 0.6) is 11.5 Å². The largest absolute Gasteiger partial charge is 0.454 e. The van der Waals surface area contributed by atoms with Crippen LogP contribution in [0.3, 0.4) is 0 Å². The summed E-state index contributed by atoms with van der Waals surface area (Å²) in [4.78, 5) is 32.5. The van der Waals surface area contributed by atoms with Crippen LogP contribution in [0.1, 0.15) is 22.9 Å². The van der Waals surface area contributed by atoms with Gasteiger partial charge in [-0.15, -0.1) is 0 Å². The van der Waals surface area contributed by atoms with Gasteiger partial charge in [-0.25, -0.2) is 0 Å². The van der Waals surface area contributed by atoms with Gasteiger partial charge in [0.2, 0.25) is 18.6 Å². The highest BCUT2D eigenvalue weighted by Crippen LogP contribution is 2.44. The van der Waals surface area contributed by atoms with E-state index in [1.165, 1.54) is 0 Å². The molecule has 9 heteroatoms. The van der Waals surface area contributed by atoms with Gasteiger partial charge in [0.05, 0.1) is 12.6 Å². The molecular formula is C25H21N5O4. The molecule has 7 rings (SSSR count). The van der Waals surface area contributed by atoms with Crippen molar-refractivity contribution in [2.45, 2.75) is 31.1 Å². The molecule has 9 nitrogen and oxygen atoms in total. The summed E-state index contributed by atoms with van der Waals surface area (Å²) in [6.07, 6.45) is 3.89. The fourth-order valence-electron chi connectivity index (χ4n) is 5.42. The number of rotatable bonds is 3. The summed E-state index contributed by atoms with van der Waals surface area (Å²) < 4.78 is 12.8. The first-order valence-corrected chi connectivity index (χ1v) is 11.3. The molecule has 1 unspecified atom stereocenters. The van der Waals surface area contributed by atoms with E-state index in [-0.39, 0.29) is 25.2 Å². The monoisotopic (exact) mass is 455 g/mol. The van der Waals surface area contributed by atoms with Crippen LogP contribution in [0.4, 0.5) is 0 Å². The summed E-state index contributed by atoms with van der Waals surface area (Å²) in [5, 5.41) is 8.23. The number of hydrogen-bond acceptors (Lipinski definition) is 5. The molecule has 3 atom stereocenters. The molecule has 3 aliphatic rings. The van der Waals surface area contributed by atoms with Gasteiger partial charge in [0.15, 0.2) is 11.5 Å². The van der Waals surface area contributed by atoms with Gasteiger partial charge in [-0.3, -0.25) is 14.3 Å². The molecule has 2 amide bonds. The summed E-state index contributed by atoms with van der Waals surface area (Å²) in [6.45, 7) is 0.439. The predicted octanol–water partition coefficient (Wildman–Crippen LogP) is 2.13. The van der Waals surface area contributed by atoms with Crippen molar-refractivity contribution in [1.82, 2.24) is 25.0 Å². The topological polar surface area (TPSA) is 101 Å². The van der Waals surface area contributed by atoms with Gasteiger partial charge < -0.3 is 24.7 Å². The Kier molecular flexibility index (Phi) is 4.02. The van der Waals surface area contributed by atoms with Crippen molar-refractivity contribution >= 4 is 22.7 Å². The second-order valence-electron chi connectivity index (χ2n) is 8.83. The smallest absolute Gasteiger partial charge is 0.248 e. The lowest BCUT2D eigenvalue weighted by molar-refractivity contribution is -0.152. The molecule has 0 bridgehead atoms. The number of amides is 2. The number of H-pyrrole nitrogens is 1. The molecule has 2 aromatic heterocycles. The quantitative estimate of drug-likeness (QED) is 0.493. The van der Waals surface area contributed by atoms with Crippen LogP contribution in [-0.2, 0) is 22.6 Å². The normalized spacial score (nSPS) is 23.1.